The monoisotopic (exact) mass is 439 g/mol. The van der Waals surface area contributed by atoms with Crippen molar-refractivity contribution >= 4 is 27.3 Å². The van der Waals surface area contributed by atoms with E-state index >= 15 is 0 Å². The van der Waals surface area contributed by atoms with Gasteiger partial charge in [0.15, 0.2) is 0 Å². The average molecular weight is 439 g/mol. The Balaban J connectivity index is 0.00000121. The normalized spacial score (nSPS) is 11.1. The Kier molecular flexibility index (Phi) is 3.08. The first-order valence-corrected chi connectivity index (χ1v) is 6.30. The zero-order valence-corrected chi connectivity index (χ0v) is 13.5. The summed E-state index contributed by atoms with van der Waals surface area (Å²) in [6, 6.07) is 13.4. The molecule has 4 heteroatoms. The predicted molar refractivity (Wildman–Crippen MR) is 76.3 cm³/mol. The molecule has 4 aromatic rings. The van der Waals surface area contributed by atoms with Crippen LogP contribution >= 0.6 is 0 Å². The van der Waals surface area contributed by atoms with Gasteiger partial charge >= 0.3 is 0 Å². The number of nitrogens with zero attached hydrogens (tertiary/aromatic N) is 3. The van der Waals surface area contributed by atoms with Crippen LogP contribution in [0, 0.1) is 19.9 Å². The zero-order valence-electron chi connectivity index (χ0n) is 11.1. The van der Waals surface area contributed by atoms with E-state index in [1.807, 2.05) is 31.3 Å². The molecule has 0 aliphatic carbocycles. The largest absolute Gasteiger partial charge is 0.312 e. The summed E-state index contributed by atoms with van der Waals surface area (Å²) in [5.74, 6) is 0.997. The van der Waals surface area contributed by atoms with Crippen molar-refractivity contribution in [3.63, 3.8) is 0 Å². The maximum atomic E-state index is 4.61. The molecule has 0 fully saturated rings. The van der Waals surface area contributed by atoms with Crippen LogP contribution in [0.2, 0.25) is 0 Å². The standard InChI is InChI=1S/C16H12N3.Ir/c1-10-16-13-7-4-3-6-12(13)15-14(8-5-9-17-15)19(16)11(2)18-10;/h3-5,7-9H,1-2H3;/q-1;. The molecule has 0 saturated heterocycles. The molecule has 0 N–H and O–H groups in total. The van der Waals surface area contributed by atoms with E-state index < -0.39 is 0 Å². The second-order valence-electron chi connectivity index (χ2n) is 4.76. The number of benzene rings is 1. The fourth-order valence-electron chi connectivity index (χ4n) is 2.88. The average Bonchev–Trinajstić information content (AvgIpc) is 2.75. The van der Waals surface area contributed by atoms with Crippen molar-refractivity contribution in [3.05, 3.63) is 54.1 Å². The molecule has 3 aromatic heterocycles. The molecule has 3 heterocycles. The van der Waals surface area contributed by atoms with Gasteiger partial charge in [-0.05, 0) is 26.0 Å². The molecule has 1 radical (unpaired) electrons. The summed E-state index contributed by atoms with van der Waals surface area (Å²) in [5, 5.41) is 2.22. The number of rotatable bonds is 0. The molecule has 0 aliphatic rings. The van der Waals surface area contributed by atoms with E-state index in [0.29, 0.717) is 0 Å². The van der Waals surface area contributed by atoms with Gasteiger partial charge in [0.2, 0.25) is 0 Å². The summed E-state index contributed by atoms with van der Waals surface area (Å²) in [4.78, 5) is 9.14. The fourth-order valence-corrected chi connectivity index (χ4v) is 2.88. The number of hydrogen-bond donors (Lipinski definition) is 0. The van der Waals surface area contributed by atoms with Gasteiger partial charge in [-0.3, -0.25) is 0 Å². The smallest absolute Gasteiger partial charge is 0.109 e. The molecular weight excluding hydrogens is 426 g/mol. The summed E-state index contributed by atoms with van der Waals surface area (Å²) < 4.78 is 2.19. The Bertz CT molecular complexity index is 865. The van der Waals surface area contributed by atoms with Gasteiger partial charge < -0.3 is 9.38 Å². The maximum Gasteiger partial charge on any atom is 0.109 e. The number of pyridine rings is 2. The molecule has 1 aromatic carbocycles. The van der Waals surface area contributed by atoms with E-state index in [9.17, 15) is 0 Å². The van der Waals surface area contributed by atoms with Gasteiger partial charge in [0.05, 0.1) is 5.69 Å². The number of hydrogen-bond acceptors (Lipinski definition) is 2. The SMILES string of the molecule is Cc1nc(C)n2c3cccnc3c3[c-]cccc3c12.[Ir]. The Labute approximate surface area is 130 Å². The number of fused-ring (bicyclic) bond motifs is 6. The fraction of sp³-hybridized carbons (Fsp3) is 0.125. The van der Waals surface area contributed by atoms with Gasteiger partial charge in [0, 0.05) is 42.9 Å². The van der Waals surface area contributed by atoms with Gasteiger partial charge in [-0.2, -0.15) is 0 Å². The molecule has 0 spiro atoms. The number of aryl methyl sites for hydroxylation is 2. The Morgan fingerprint density at radius 2 is 2.00 bits per heavy atom. The predicted octanol–water partition coefficient (Wildman–Crippen LogP) is 3.45. The number of aromatic nitrogens is 3. The van der Waals surface area contributed by atoms with Crippen molar-refractivity contribution < 1.29 is 20.1 Å². The summed E-state index contributed by atoms with van der Waals surface area (Å²) in [6.07, 6.45) is 1.83. The molecule has 0 aliphatic heterocycles. The molecule has 0 bridgehead atoms. The third-order valence-corrected chi connectivity index (χ3v) is 3.59. The zero-order chi connectivity index (χ0) is 13.0. The van der Waals surface area contributed by atoms with Crippen LogP contribution in [0.3, 0.4) is 0 Å². The first-order chi connectivity index (χ1) is 9.27. The van der Waals surface area contributed by atoms with E-state index in [1.54, 1.807) is 0 Å². The number of imidazole rings is 1. The van der Waals surface area contributed by atoms with Crippen LogP contribution in [0.5, 0.6) is 0 Å². The van der Waals surface area contributed by atoms with Crippen molar-refractivity contribution in [2.24, 2.45) is 0 Å². The van der Waals surface area contributed by atoms with Crippen LogP contribution in [-0.2, 0) is 20.1 Å². The first-order valence-electron chi connectivity index (χ1n) is 6.30. The minimum Gasteiger partial charge on any atom is -0.312 e. The van der Waals surface area contributed by atoms with Gasteiger partial charge in [0.25, 0.3) is 0 Å². The van der Waals surface area contributed by atoms with Gasteiger partial charge in [-0.15, -0.1) is 29.7 Å². The van der Waals surface area contributed by atoms with E-state index in [-0.39, 0.29) is 20.1 Å². The van der Waals surface area contributed by atoms with Crippen LogP contribution in [0.15, 0.2) is 36.5 Å². The molecule has 3 nitrogen and oxygen atoms in total. The minimum absolute atomic E-state index is 0. The summed E-state index contributed by atoms with van der Waals surface area (Å²) in [6.45, 7) is 4.09. The Morgan fingerprint density at radius 1 is 1.15 bits per heavy atom. The molecular formula is C16H12IrN3-. The molecule has 101 valence electrons. The quantitative estimate of drug-likeness (QED) is 0.311. The van der Waals surface area contributed by atoms with Crippen molar-refractivity contribution in [1.29, 1.82) is 0 Å². The molecule has 4 rings (SSSR count). The van der Waals surface area contributed by atoms with E-state index in [0.717, 1.165) is 38.8 Å². The van der Waals surface area contributed by atoms with Crippen molar-refractivity contribution in [2.75, 3.05) is 0 Å². The minimum atomic E-state index is 0. The van der Waals surface area contributed by atoms with E-state index in [2.05, 4.69) is 39.5 Å². The third kappa shape index (κ3) is 1.62. The first kappa shape index (κ1) is 13.2. The molecule has 0 atom stereocenters. The van der Waals surface area contributed by atoms with Crippen LogP contribution in [-0.4, -0.2) is 14.4 Å². The topological polar surface area (TPSA) is 30.2 Å². The van der Waals surface area contributed by atoms with Crippen LogP contribution in [0.1, 0.15) is 11.5 Å². The maximum absolute atomic E-state index is 4.61. The molecule has 0 saturated carbocycles. The van der Waals surface area contributed by atoms with Crippen molar-refractivity contribution in [2.45, 2.75) is 13.8 Å². The second kappa shape index (κ2) is 4.65. The summed E-state index contributed by atoms with van der Waals surface area (Å²) >= 11 is 0. The summed E-state index contributed by atoms with van der Waals surface area (Å²) in [5.41, 5.74) is 4.27. The Hall–Kier alpha value is -1.77. The van der Waals surface area contributed by atoms with Crippen molar-refractivity contribution in [1.82, 2.24) is 14.4 Å². The summed E-state index contributed by atoms with van der Waals surface area (Å²) in [7, 11) is 0. The van der Waals surface area contributed by atoms with Crippen molar-refractivity contribution in [3.8, 4) is 0 Å². The molecule has 20 heavy (non-hydrogen) atoms. The van der Waals surface area contributed by atoms with Gasteiger partial charge in [-0.1, -0.05) is 5.39 Å². The Morgan fingerprint density at radius 3 is 2.85 bits per heavy atom. The van der Waals surface area contributed by atoms with Crippen LogP contribution < -0.4 is 0 Å². The third-order valence-electron chi connectivity index (χ3n) is 3.59. The van der Waals surface area contributed by atoms with Crippen LogP contribution in [0.25, 0.3) is 27.3 Å². The van der Waals surface area contributed by atoms with E-state index in [4.69, 9.17) is 0 Å². The van der Waals surface area contributed by atoms with E-state index in [1.165, 1.54) is 0 Å². The molecule has 0 unspecified atom stereocenters. The second-order valence-corrected chi connectivity index (χ2v) is 4.76. The van der Waals surface area contributed by atoms with Gasteiger partial charge in [-0.25, -0.2) is 4.98 Å². The van der Waals surface area contributed by atoms with Gasteiger partial charge in [0.1, 0.15) is 5.82 Å². The van der Waals surface area contributed by atoms with Crippen LogP contribution in [0.4, 0.5) is 0 Å². The molecule has 0 amide bonds.